The van der Waals surface area contributed by atoms with Crippen LogP contribution in [0, 0.1) is 6.92 Å². The molecule has 1 aromatic carbocycles. The van der Waals surface area contributed by atoms with E-state index in [9.17, 15) is 13.2 Å². The van der Waals surface area contributed by atoms with Gasteiger partial charge in [0.1, 0.15) is 11.5 Å². The molecule has 23 heavy (non-hydrogen) atoms. The van der Waals surface area contributed by atoms with E-state index < -0.39 is 11.7 Å². The van der Waals surface area contributed by atoms with Crippen LogP contribution in [0.2, 0.25) is 0 Å². The van der Waals surface area contributed by atoms with Crippen LogP contribution in [0.4, 0.5) is 13.2 Å². The lowest BCUT2D eigenvalue weighted by Gasteiger charge is -2.15. The van der Waals surface area contributed by atoms with Crippen molar-refractivity contribution >= 4 is 21.9 Å². The molecular formula is C17H16F3N3. The van der Waals surface area contributed by atoms with E-state index in [0.717, 1.165) is 48.2 Å². The maximum atomic E-state index is 13.1. The van der Waals surface area contributed by atoms with Crippen LogP contribution in [0.5, 0.6) is 0 Å². The molecule has 1 aliphatic carbocycles. The van der Waals surface area contributed by atoms with Gasteiger partial charge in [0.25, 0.3) is 0 Å². The summed E-state index contributed by atoms with van der Waals surface area (Å²) in [4.78, 5) is 8.74. The lowest BCUT2D eigenvalue weighted by Crippen LogP contribution is -2.08. The molecule has 0 radical (unpaired) electrons. The third kappa shape index (κ3) is 2.28. The molecule has 0 N–H and O–H groups in total. The van der Waals surface area contributed by atoms with E-state index in [1.54, 1.807) is 19.2 Å². The summed E-state index contributed by atoms with van der Waals surface area (Å²) in [6.45, 7) is 1.80. The van der Waals surface area contributed by atoms with E-state index in [4.69, 9.17) is 0 Å². The molecule has 3 nitrogen and oxygen atoms in total. The van der Waals surface area contributed by atoms with Crippen molar-refractivity contribution in [1.82, 2.24) is 14.5 Å². The van der Waals surface area contributed by atoms with Gasteiger partial charge in [0.05, 0.1) is 11.1 Å². The van der Waals surface area contributed by atoms with E-state index >= 15 is 0 Å². The highest BCUT2D eigenvalue weighted by Crippen LogP contribution is 2.39. The molecule has 0 bridgehead atoms. The largest absolute Gasteiger partial charge is 0.416 e. The SMILES string of the molecule is Cc1ncc2c3ccc(C(F)(F)F)cc3n(C3CCCC3)c2n1. The van der Waals surface area contributed by atoms with Crippen molar-refractivity contribution in [2.24, 2.45) is 0 Å². The first kappa shape index (κ1) is 14.5. The van der Waals surface area contributed by atoms with E-state index in [1.807, 2.05) is 4.57 Å². The first-order valence-corrected chi connectivity index (χ1v) is 7.79. The molecule has 0 amide bonds. The molecule has 0 aliphatic heterocycles. The number of rotatable bonds is 1. The molecule has 0 unspecified atom stereocenters. The number of halogens is 3. The van der Waals surface area contributed by atoms with Crippen LogP contribution >= 0.6 is 0 Å². The normalized spacial score (nSPS) is 16.7. The first-order chi connectivity index (χ1) is 10.9. The lowest BCUT2D eigenvalue weighted by molar-refractivity contribution is -0.137. The number of fused-ring (bicyclic) bond motifs is 3. The van der Waals surface area contributed by atoms with Gasteiger partial charge >= 0.3 is 6.18 Å². The van der Waals surface area contributed by atoms with Gasteiger partial charge in [0.15, 0.2) is 0 Å². The van der Waals surface area contributed by atoms with E-state index in [-0.39, 0.29) is 6.04 Å². The summed E-state index contributed by atoms with van der Waals surface area (Å²) in [5, 5.41) is 1.62. The Morgan fingerprint density at radius 3 is 2.57 bits per heavy atom. The number of alkyl halides is 3. The van der Waals surface area contributed by atoms with Crippen LogP contribution in [0.15, 0.2) is 24.4 Å². The van der Waals surface area contributed by atoms with E-state index in [2.05, 4.69) is 9.97 Å². The Morgan fingerprint density at radius 2 is 1.87 bits per heavy atom. The zero-order chi connectivity index (χ0) is 16.2. The quantitative estimate of drug-likeness (QED) is 0.630. The van der Waals surface area contributed by atoms with Gasteiger partial charge in [-0.1, -0.05) is 18.9 Å². The summed E-state index contributed by atoms with van der Waals surface area (Å²) in [6.07, 6.45) is 1.56. The molecule has 0 spiro atoms. The Morgan fingerprint density at radius 1 is 1.13 bits per heavy atom. The van der Waals surface area contributed by atoms with Gasteiger partial charge in [-0.25, -0.2) is 9.97 Å². The summed E-state index contributed by atoms with van der Waals surface area (Å²) >= 11 is 0. The fraction of sp³-hybridized carbons (Fsp3) is 0.412. The molecule has 6 heteroatoms. The predicted molar refractivity (Wildman–Crippen MR) is 82.3 cm³/mol. The fourth-order valence-electron chi connectivity index (χ4n) is 3.61. The predicted octanol–water partition coefficient (Wildman–Crippen LogP) is 5.03. The zero-order valence-electron chi connectivity index (χ0n) is 12.7. The molecule has 0 atom stereocenters. The molecule has 4 rings (SSSR count). The Hall–Kier alpha value is -2.11. The average molecular weight is 319 g/mol. The second-order valence-corrected chi connectivity index (χ2v) is 6.19. The number of aryl methyl sites for hydroxylation is 1. The Balaban J connectivity index is 2.08. The molecule has 2 aromatic heterocycles. The van der Waals surface area contributed by atoms with Gasteiger partial charge in [0.2, 0.25) is 0 Å². The molecular weight excluding hydrogens is 303 g/mol. The lowest BCUT2D eigenvalue weighted by atomic mass is 10.1. The van der Waals surface area contributed by atoms with Crippen LogP contribution < -0.4 is 0 Å². The van der Waals surface area contributed by atoms with Crippen molar-refractivity contribution in [3.05, 3.63) is 35.8 Å². The second-order valence-electron chi connectivity index (χ2n) is 6.19. The third-order valence-electron chi connectivity index (χ3n) is 4.68. The van der Waals surface area contributed by atoms with Crippen molar-refractivity contribution in [2.75, 3.05) is 0 Å². The highest BCUT2D eigenvalue weighted by atomic mass is 19.4. The maximum absolute atomic E-state index is 13.1. The van der Waals surface area contributed by atoms with Gasteiger partial charge in [-0.05, 0) is 31.9 Å². The highest BCUT2D eigenvalue weighted by Gasteiger charge is 2.32. The van der Waals surface area contributed by atoms with Gasteiger partial charge in [-0.15, -0.1) is 0 Å². The smallest absolute Gasteiger partial charge is 0.322 e. The van der Waals surface area contributed by atoms with Gasteiger partial charge in [-0.3, -0.25) is 0 Å². The number of benzene rings is 1. The maximum Gasteiger partial charge on any atom is 0.416 e. The van der Waals surface area contributed by atoms with Crippen molar-refractivity contribution < 1.29 is 13.2 Å². The monoisotopic (exact) mass is 319 g/mol. The number of aromatic nitrogens is 3. The number of nitrogens with zero attached hydrogens (tertiary/aromatic N) is 3. The number of hydrogen-bond donors (Lipinski definition) is 0. The van der Waals surface area contributed by atoms with Crippen LogP contribution in [-0.2, 0) is 6.18 Å². The molecule has 1 aliphatic rings. The molecule has 0 saturated heterocycles. The third-order valence-corrected chi connectivity index (χ3v) is 4.68. The Labute approximate surface area is 131 Å². The van der Waals surface area contributed by atoms with E-state index in [1.165, 1.54) is 6.07 Å². The molecule has 2 heterocycles. The van der Waals surface area contributed by atoms with Crippen LogP contribution in [0.25, 0.3) is 21.9 Å². The zero-order valence-corrected chi connectivity index (χ0v) is 12.7. The molecule has 1 fully saturated rings. The van der Waals surface area contributed by atoms with Crippen LogP contribution in [0.1, 0.15) is 43.1 Å². The number of hydrogen-bond acceptors (Lipinski definition) is 2. The van der Waals surface area contributed by atoms with Gasteiger partial charge in [0, 0.05) is 23.0 Å². The molecule has 3 aromatic rings. The summed E-state index contributed by atoms with van der Waals surface area (Å²) in [5.41, 5.74) is 0.747. The summed E-state index contributed by atoms with van der Waals surface area (Å²) in [5.74, 6) is 0.635. The summed E-state index contributed by atoms with van der Waals surface area (Å²) in [6, 6.07) is 4.16. The van der Waals surface area contributed by atoms with Gasteiger partial charge < -0.3 is 4.57 Å². The molecule has 120 valence electrons. The minimum Gasteiger partial charge on any atom is -0.322 e. The Bertz CT molecular complexity index is 889. The topological polar surface area (TPSA) is 30.7 Å². The van der Waals surface area contributed by atoms with Crippen molar-refractivity contribution in [3.8, 4) is 0 Å². The first-order valence-electron chi connectivity index (χ1n) is 7.79. The Kier molecular flexibility index (Phi) is 3.11. The van der Waals surface area contributed by atoms with Crippen LogP contribution in [-0.4, -0.2) is 14.5 Å². The standard InChI is InChI=1S/C17H16F3N3/c1-10-21-9-14-13-7-6-11(17(18,19)20)8-15(13)23(16(14)22-10)12-4-2-3-5-12/h6-9,12H,2-5H2,1H3. The van der Waals surface area contributed by atoms with Crippen molar-refractivity contribution in [2.45, 2.75) is 44.8 Å². The van der Waals surface area contributed by atoms with Crippen LogP contribution in [0.3, 0.4) is 0 Å². The minimum absolute atomic E-state index is 0.216. The van der Waals surface area contributed by atoms with Crippen molar-refractivity contribution in [1.29, 1.82) is 0 Å². The average Bonchev–Trinajstić information content (AvgIpc) is 3.10. The minimum atomic E-state index is -4.34. The molecule has 1 saturated carbocycles. The summed E-state index contributed by atoms with van der Waals surface area (Å²) < 4.78 is 41.3. The fourth-order valence-corrected chi connectivity index (χ4v) is 3.61. The summed E-state index contributed by atoms with van der Waals surface area (Å²) in [7, 11) is 0. The van der Waals surface area contributed by atoms with Gasteiger partial charge in [-0.2, -0.15) is 13.2 Å². The van der Waals surface area contributed by atoms with Crippen molar-refractivity contribution in [3.63, 3.8) is 0 Å². The highest BCUT2D eigenvalue weighted by molar-refractivity contribution is 6.06. The second kappa shape index (κ2) is 4.94. The van der Waals surface area contributed by atoms with E-state index in [0.29, 0.717) is 11.3 Å².